The summed E-state index contributed by atoms with van der Waals surface area (Å²) < 4.78 is 11.9. The van der Waals surface area contributed by atoms with Crippen molar-refractivity contribution in [3.05, 3.63) is 0 Å². The number of rotatable bonds is 5. The lowest BCUT2D eigenvalue weighted by Crippen LogP contribution is -2.73. The molecule has 3 aliphatic rings. The maximum Gasteiger partial charge on any atom is 0.0804 e. The number of likely N-dealkylation sites (N-methyl/N-ethyl adjacent to an activating group) is 1. The molecule has 0 bridgehead atoms. The highest BCUT2D eigenvalue weighted by Crippen LogP contribution is 2.43. The Labute approximate surface area is 134 Å². The molecule has 2 heterocycles. The Balaban J connectivity index is 1.65. The Morgan fingerprint density at radius 2 is 2.00 bits per heavy atom. The van der Waals surface area contributed by atoms with Crippen LogP contribution in [0.4, 0.5) is 0 Å². The van der Waals surface area contributed by atoms with Gasteiger partial charge in [0, 0.05) is 24.7 Å². The predicted octanol–water partition coefficient (Wildman–Crippen LogP) is 1.15. The van der Waals surface area contributed by atoms with Crippen molar-refractivity contribution in [3.63, 3.8) is 0 Å². The van der Waals surface area contributed by atoms with Gasteiger partial charge in [0.25, 0.3) is 0 Å². The Bertz CT molecular complexity index is 393. The van der Waals surface area contributed by atoms with Crippen LogP contribution in [0.5, 0.6) is 0 Å². The van der Waals surface area contributed by atoms with E-state index in [0.717, 1.165) is 32.6 Å². The summed E-state index contributed by atoms with van der Waals surface area (Å²) in [5, 5.41) is 13.7. The third-order valence-corrected chi connectivity index (χ3v) is 6.65. The molecule has 3 fully saturated rings. The third kappa shape index (κ3) is 2.61. The van der Waals surface area contributed by atoms with Crippen LogP contribution in [-0.4, -0.2) is 72.7 Å². The summed E-state index contributed by atoms with van der Waals surface area (Å²) in [4.78, 5) is 2.41. The number of hydrogen-bond acceptors (Lipinski definition) is 5. The normalized spacial score (nSPS) is 39.8. The van der Waals surface area contributed by atoms with Crippen molar-refractivity contribution in [2.24, 2.45) is 0 Å². The van der Waals surface area contributed by atoms with Gasteiger partial charge in [0.05, 0.1) is 31.0 Å². The van der Waals surface area contributed by atoms with Crippen LogP contribution < -0.4 is 5.32 Å². The monoisotopic (exact) mass is 312 g/mol. The molecular weight excluding hydrogens is 280 g/mol. The average molecular weight is 312 g/mol. The SMILES string of the molecule is CC(NCC1(CO)COCC2(CCC2)N1C)C1(C)CCCO1. The molecule has 3 unspecified atom stereocenters. The molecular formula is C17H32N2O3. The summed E-state index contributed by atoms with van der Waals surface area (Å²) in [5.74, 6) is 0. The highest BCUT2D eigenvalue weighted by molar-refractivity contribution is 5.08. The third-order valence-electron chi connectivity index (χ3n) is 6.65. The van der Waals surface area contributed by atoms with Crippen LogP contribution >= 0.6 is 0 Å². The van der Waals surface area contributed by atoms with Crippen LogP contribution in [-0.2, 0) is 9.47 Å². The van der Waals surface area contributed by atoms with Crippen molar-refractivity contribution in [3.8, 4) is 0 Å². The molecule has 1 saturated carbocycles. The second-order valence-electron chi connectivity index (χ2n) is 7.88. The molecule has 2 saturated heterocycles. The van der Waals surface area contributed by atoms with Crippen LogP contribution in [0.15, 0.2) is 0 Å². The zero-order chi connectivity index (χ0) is 15.8. The topological polar surface area (TPSA) is 54.0 Å². The van der Waals surface area contributed by atoms with Gasteiger partial charge in [0.15, 0.2) is 0 Å². The van der Waals surface area contributed by atoms with Crippen molar-refractivity contribution in [2.75, 3.05) is 40.0 Å². The van der Waals surface area contributed by atoms with E-state index in [4.69, 9.17) is 9.47 Å². The molecule has 2 aliphatic heterocycles. The second kappa shape index (κ2) is 6.02. The molecule has 2 N–H and O–H groups in total. The largest absolute Gasteiger partial charge is 0.394 e. The first kappa shape index (κ1) is 16.7. The molecule has 0 amide bonds. The molecule has 5 heteroatoms. The van der Waals surface area contributed by atoms with Gasteiger partial charge in [-0.15, -0.1) is 0 Å². The van der Waals surface area contributed by atoms with E-state index >= 15 is 0 Å². The number of aliphatic hydroxyl groups is 1. The van der Waals surface area contributed by atoms with Crippen LogP contribution in [0.2, 0.25) is 0 Å². The molecule has 3 atom stereocenters. The van der Waals surface area contributed by atoms with Gasteiger partial charge in [0.1, 0.15) is 0 Å². The summed E-state index contributed by atoms with van der Waals surface area (Å²) in [7, 11) is 2.16. The van der Waals surface area contributed by atoms with Crippen molar-refractivity contribution in [2.45, 2.75) is 68.7 Å². The molecule has 3 rings (SSSR count). The number of morpholine rings is 1. The standard InChI is InChI=1S/C17H32N2O3/c1-14(15(2)6-5-9-22-15)18-10-17(11-20)13-21-12-16(19(17)3)7-4-8-16/h14,18,20H,4-13H2,1-3H3. The Kier molecular flexibility index (Phi) is 4.56. The smallest absolute Gasteiger partial charge is 0.0804 e. The molecule has 128 valence electrons. The minimum atomic E-state index is -0.318. The number of hydrogen-bond donors (Lipinski definition) is 2. The number of nitrogens with zero attached hydrogens (tertiary/aromatic N) is 1. The van der Waals surface area contributed by atoms with Gasteiger partial charge < -0.3 is 19.9 Å². The Morgan fingerprint density at radius 3 is 2.55 bits per heavy atom. The summed E-state index contributed by atoms with van der Waals surface area (Å²) in [5.41, 5.74) is -0.250. The molecule has 1 spiro atoms. The molecule has 0 aromatic rings. The van der Waals surface area contributed by atoms with E-state index < -0.39 is 0 Å². The second-order valence-corrected chi connectivity index (χ2v) is 7.88. The van der Waals surface area contributed by atoms with E-state index in [1.54, 1.807) is 0 Å². The zero-order valence-electron chi connectivity index (χ0n) is 14.4. The minimum absolute atomic E-state index is 0.0844. The molecule has 0 aromatic carbocycles. The fraction of sp³-hybridized carbons (Fsp3) is 1.00. The number of ether oxygens (including phenoxy) is 2. The van der Waals surface area contributed by atoms with Gasteiger partial charge in [-0.25, -0.2) is 0 Å². The maximum atomic E-state index is 10.1. The summed E-state index contributed by atoms with van der Waals surface area (Å²) in [6.07, 6.45) is 5.87. The van der Waals surface area contributed by atoms with Gasteiger partial charge in [-0.05, 0) is 53.0 Å². The summed E-state index contributed by atoms with van der Waals surface area (Å²) >= 11 is 0. The lowest BCUT2D eigenvalue weighted by molar-refractivity contribution is -0.181. The first-order valence-corrected chi connectivity index (χ1v) is 8.76. The van der Waals surface area contributed by atoms with Gasteiger partial charge in [-0.2, -0.15) is 0 Å². The average Bonchev–Trinajstić information content (AvgIpc) is 2.93. The predicted molar refractivity (Wildman–Crippen MR) is 86.0 cm³/mol. The zero-order valence-corrected chi connectivity index (χ0v) is 14.4. The van der Waals surface area contributed by atoms with E-state index in [1.807, 2.05) is 0 Å². The first-order chi connectivity index (χ1) is 10.5. The lowest BCUT2D eigenvalue weighted by Gasteiger charge is -2.59. The molecule has 0 aromatic heterocycles. The number of aliphatic hydroxyl groups excluding tert-OH is 1. The highest BCUT2D eigenvalue weighted by Gasteiger charge is 2.53. The molecule has 5 nitrogen and oxygen atoms in total. The fourth-order valence-corrected chi connectivity index (χ4v) is 4.27. The van der Waals surface area contributed by atoms with Crippen LogP contribution in [0.1, 0.15) is 46.0 Å². The van der Waals surface area contributed by atoms with Crippen molar-refractivity contribution < 1.29 is 14.6 Å². The van der Waals surface area contributed by atoms with Crippen molar-refractivity contribution >= 4 is 0 Å². The quantitative estimate of drug-likeness (QED) is 0.797. The molecule has 22 heavy (non-hydrogen) atoms. The number of nitrogens with one attached hydrogen (secondary N) is 1. The van der Waals surface area contributed by atoms with Crippen LogP contribution in [0.3, 0.4) is 0 Å². The van der Waals surface area contributed by atoms with Gasteiger partial charge in [-0.3, -0.25) is 4.90 Å². The first-order valence-electron chi connectivity index (χ1n) is 8.76. The molecule has 1 aliphatic carbocycles. The van der Waals surface area contributed by atoms with Crippen molar-refractivity contribution in [1.82, 2.24) is 10.2 Å². The Hall–Kier alpha value is -0.200. The van der Waals surface area contributed by atoms with E-state index in [2.05, 4.69) is 31.1 Å². The minimum Gasteiger partial charge on any atom is -0.394 e. The van der Waals surface area contributed by atoms with Crippen LogP contribution in [0, 0.1) is 0 Å². The van der Waals surface area contributed by atoms with E-state index in [9.17, 15) is 5.11 Å². The highest BCUT2D eigenvalue weighted by atomic mass is 16.5. The van der Waals surface area contributed by atoms with Crippen molar-refractivity contribution in [1.29, 1.82) is 0 Å². The maximum absolute atomic E-state index is 10.1. The summed E-state index contributed by atoms with van der Waals surface area (Å²) in [6, 6.07) is 0.270. The van der Waals surface area contributed by atoms with E-state index in [1.165, 1.54) is 19.3 Å². The van der Waals surface area contributed by atoms with E-state index in [0.29, 0.717) is 6.61 Å². The van der Waals surface area contributed by atoms with Gasteiger partial charge in [0.2, 0.25) is 0 Å². The Morgan fingerprint density at radius 1 is 1.23 bits per heavy atom. The summed E-state index contributed by atoms with van der Waals surface area (Å²) in [6.45, 7) is 7.52. The van der Waals surface area contributed by atoms with Gasteiger partial charge in [-0.1, -0.05) is 0 Å². The van der Waals surface area contributed by atoms with Gasteiger partial charge >= 0.3 is 0 Å². The van der Waals surface area contributed by atoms with Crippen LogP contribution in [0.25, 0.3) is 0 Å². The lowest BCUT2D eigenvalue weighted by atomic mass is 9.72. The van der Waals surface area contributed by atoms with E-state index in [-0.39, 0.29) is 29.3 Å². The molecule has 0 radical (unpaired) electrons. The fourth-order valence-electron chi connectivity index (χ4n) is 4.27.